The molecule has 2 amide bonds. The van der Waals surface area contributed by atoms with Crippen LogP contribution in [0.5, 0.6) is 11.5 Å². The van der Waals surface area contributed by atoms with Gasteiger partial charge in [0, 0.05) is 24.3 Å². The lowest BCUT2D eigenvalue weighted by Gasteiger charge is -2.27. The van der Waals surface area contributed by atoms with Crippen LogP contribution in [0, 0.1) is 11.6 Å². The minimum atomic E-state index is -3.78. The van der Waals surface area contributed by atoms with Gasteiger partial charge in [0.05, 0.1) is 13.4 Å². The van der Waals surface area contributed by atoms with Crippen molar-refractivity contribution in [1.82, 2.24) is 4.90 Å². The fourth-order valence-electron chi connectivity index (χ4n) is 2.50. The number of methoxy groups -OCH3 is 1. The molecule has 0 unspecified atom stereocenters. The van der Waals surface area contributed by atoms with E-state index < -0.39 is 27.8 Å². The molecule has 0 aliphatic carbocycles. The molecule has 2 rings (SSSR count). The van der Waals surface area contributed by atoms with Crippen molar-refractivity contribution in [2.45, 2.75) is 26.4 Å². The summed E-state index contributed by atoms with van der Waals surface area (Å²) in [5.74, 6) is -1.87. The second kappa shape index (κ2) is 9.08. The highest BCUT2D eigenvalue weighted by Gasteiger charge is 2.20. The average Bonchev–Trinajstić information content (AvgIpc) is 2.61. The van der Waals surface area contributed by atoms with Crippen LogP contribution in [-0.2, 0) is 16.7 Å². The van der Waals surface area contributed by atoms with E-state index >= 15 is 0 Å². The molecule has 0 fully saturated rings. The Balaban J connectivity index is 2.24. The summed E-state index contributed by atoms with van der Waals surface area (Å²) in [6.45, 7) is 3.67. The topological polar surface area (TPSA) is 84.9 Å². The second-order valence-electron chi connectivity index (χ2n) is 6.55. The zero-order chi connectivity index (χ0) is 21.8. The summed E-state index contributed by atoms with van der Waals surface area (Å²) < 4.78 is 59.4. The lowest BCUT2D eigenvalue weighted by molar-refractivity contribution is 0.193. The van der Waals surface area contributed by atoms with Gasteiger partial charge in [0.1, 0.15) is 0 Å². The number of halogens is 2. The Hall–Kier alpha value is -2.88. The predicted molar refractivity (Wildman–Crippen MR) is 105 cm³/mol. The van der Waals surface area contributed by atoms with Gasteiger partial charge in [0.2, 0.25) is 0 Å². The van der Waals surface area contributed by atoms with E-state index in [0.717, 1.165) is 18.4 Å². The minimum Gasteiger partial charge on any atom is -0.493 e. The number of carbonyl (C=O) groups excluding carboxylic acids is 1. The Bertz CT molecular complexity index is 996. The van der Waals surface area contributed by atoms with Crippen molar-refractivity contribution < 1.29 is 30.9 Å². The van der Waals surface area contributed by atoms with Crippen LogP contribution >= 0.6 is 0 Å². The van der Waals surface area contributed by atoms with Crippen LogP contribution in [0.15, 0.2) is 36.4 Å². The quantitative estimate of drug-likeness (QED) is 0.679. The van der Waals surface area contributed by atoms with Crippen LogP contribution in [0.25, 0.3) is 0 Å². The lowest BCUT2D eigenvalue weighted by atomic mass is 10.1. The molecule has 7 nitrogen and oxygen atoms in total. The lowest BCUT2D eigenvalue weighted by Crippen LogP contribution is -2.39. The van der Waals surface area contributed by atoms with Gasteiger partial charge in [-0.1, -0.05) is 6.07 Å². The molecule has 2 aromatic rings. The fraction of sp³-hybridized carbons (Fsp3) is 0.316. The number of amides is 2. The van der Waals surface area contributed by atoms with Gasteiger partial charge in [-0.3, -0.25) is 0 Å². The molecule has 0 aromatic heterocycles. The van der Waals surface area contributed by atoms with Gasteiger partial charge < -0.3 is 19.1 Å². The number of nitrogens with one attached hydrogen (secondary N) is 1. The van der Waals surface area contributed by atoms with Crippen molar-refractivity contribution in [3.63, 3.8) is 0 Å². The molecule has 0 aliphatic heterocycles. The summed E-state index contributed by atoms with van der Waals surface area (Å²) in [4.78, 5) is 14.1. The minimum absolute atomic E-state index is 0.00257. The number of rotatable bonds is 7. The van der Waals surface area contributed by atoms with Gasteiger partial charge in [-0.15, -0.1) is 0 Å². The monoisotopic (exact) mass is 428 g/mol. The molecule has 0 spiro atoms. The van der Waals surface area contributed by atoms with Gasteiger partial charge in [0.25, 0.3) is 0 Å². The van der Waals surface area contributed by atoms with E-state index in [4.69, 9.17) is 8.92 Å². The number of ether oxygens (including phenoxy) is 1. The van der Waals surface area contributed by atoms with Gasteiger partial charge >= 0.3 is 16.1 Å². The second-order valence-corrected chi connectivity index (χ2v) is 8.13. The van der Waals surface area contributed by atoms with Crippen LogP contribution in [-0.4, -0.2) is 38.8 Å². The number of nitrogens with zero attached hydrogens (tertiary/aromatic N) is 1. The molecule has 0 heterocycles. The zero-order valence-corrected chi connectivity index (χ0v) is 17.2. The Kier molecular flexibility index (Phi) is 7.02. The summed E-state index contributed by atoms with van der Waals surface area (Å²) in [7, 11) is -2.40. The highest BCUT2D eigenvalue weighted by molar-refractivity contribution is 7.86. The standard InChI is InChI=1S/C19H22F2N2O5S/c1-12(2)23(19(24)22-14-6-7-15(20)16(21)10-14)11-13-5-8-17(27-3)18(9-13)28-29(4,25)26/h5-10,12H,11H2,1-4H3,(H,22,24). The van der Waals surface area contributed by atoms with Gasteiger partial charge in [-0.2, -0.15) is 8.42 Å². The summed E-state index contributed by atoms with van der Waals surface area (Å²) in [5.41, 5.74) is 0.689. The van der Waals surface area contributed by atoms with E-state index in [1.54, 1.807) is 19.9 Å². The van der Waals surface area contributed by atoms with E-state index in [0.29, 0.717) is 5.56 Å². The van der Waals surface area contributed by atoms with Crippen molar-refractivity contribution in [3.8, 4) is 11.5 Å². The van der Waals surface area contributed by atoms with E-state index in [9.17, 15) is 22.0 Å². The smallest absolute Gasteiger partial charge is 0.322 e. The highest BCUT2D eigenvalue weighted by Crippen LogP contribution is 2.30. The van der Waals surface area contributed by atoms with Crippen molar-refractivity contribution in [2.24, 2.45) is 0 Å². The van der Waals surface area contributed by atoms with E-state index in [1.807, 2.05) is 0 Å². The first-order valence-electron chi connectivity index (χ1n) is 8.59. The van der Waals surface area contributed by atoms with E-state index in [1.165, 1.54) is 30.2 Å². The Labute approximate surface area is 168 Å². The molecule has 0 aliphatic rings. The molecular weight excluding hydrogens is 406 g/mol. The van der Waals surface area contributed by atoms with Crippen LogP contribution < -0.4 is 14.2 Å². The van der Waals surface area contributed by atoms with Crippen LogP contribution in [0.1, 0.15) is 19.4 Å². The summed E-state index contributed by atoms with van der Waals surface area (Å²) in [5, 5.41) is 2.52. The number of anilines is 1. The molecule has 1 N–H and O–H groups in total. The maximum atomic E-state index is 13.4. The highest BCUT2D eigenvalue weighted by atomic mass is 32.2. The summed E-state index contributed by atoms with van der Waals surface area (Å²) in [6.07, 6.45) is 0.912. The van der Waals surface area contributed by atoms with Gasteiger partial charge in [0.15, 0.2) is 23.1 Å². The molecule has 29 heavy (non-hydrogen) atoms. The normalized spacial score (nSPS) is 11.3. The number of hydrogen-bond acceptors (Lipinski definition) is 5. The average molecular weight is 428 g/mol. The largest absolute Gasteiger partial charge is 0.493 e. The predicted octanol–water partition coefficient (Wildman–Crippen LogP) is 3.75. The summed E-state index contributed by atoms with van der Waals surface area (Å²) in [6, 6.07) is 6.92. The summed E-state index contributed by atoms with van der Waals surface area (Å²) >= 11 is 0. The number of hydrogen-bond donors (Lipinski definition) is 1. The van der Waals surface area contributed by atoms with Gasteiger partial charge in [-0.05, 0) is 43.7 Å². The number of carbonyl (C=O) groups is 1. The van der Waals surface area contributed by atoms with Crippen molar-refractivity contribution in [1.29, 1.82) is 0 Å². The Morgan fingerprint density at radius 3 is 2.34 bits per heavy atom. The SMILES string of the molecule is COc1ccc(CN(C(=O)Nc2ccc(F)c(F)c2)C(C)C)cc1OS(C)(=O)=O. The van der Waals surface area contributed by atoms with E-state index in [2.05, 4.69) is 5.32 Å². The number of benzene rings is 2. The van der Waals surface area contributed by atoms with E-state index in [-0.39, 0.29) is 29.8 Å². The maximum Gasteiger partial charge on any atom is 0.322 e. The van der Waals surface area contributed by atoms with Gasteiger partial charge in [-0.25, -0.2) is 13.6 Å². The first-order chi connectivity index (χ1) is 13.5. The fourth-order valence-corrected chi connectivity index (χ4v) is 2.96. The van der Waals surface area contributed by atoms with Crippen molar-refractivity contribution in [2.75, 3.05) is 18.7 Å². The first kappa shape index (κ1) is 22.4. The third-order valence-electron chi connectivity index (χ3n) is 3.88. The Morgan fingerprint density at radius 2 is 1.79 bits per heavy atom. The van der Waals surface area contributed by atoms with Crippen molar-refractivity contribution in [3.05, 3.63) is 53.6 Å². The first-order valence-corrected chi connectivity index (χ1v) is 10.4. The molecule has 0 saturated heterocycles. The third-order valence-corrected chi connectivity index (χ3v) is 4.36. The third kappa shape index (κ3) is 6.31. The maximum absolute atomic E-state index is 13.4. The van der Waals surface area contributed by atoms with Crippen molar-refractivity contribution >= 4 is 21.8 Å². The molecule has 158 valence electrons. The Morgan fingerprint density at radius 1 is 1.10 bits per heavy atom. The molecule has 0 radical (unpaired) electrons. The molecule has 2 aromatic carbocycles. The molecule has 0 bridgehead atoms. The molecule has 10 heteroatoms. The molecular formula is C19H22F2N2O5S. The van der Waals surface area contributed by atoms with Crippen LogP contribution in [0.4, 0.5) is 19.3 Å². The molecule has 0 saturated carbocycles. The number of urea groups is 1. The zero-order valence-electron chi connectivity index (χ0n) is 16.4. The van der Waals surface area contributed by atoms with Crippen LogP contribution in [0.2, 0.25) is 0 Å². The van der Waals surface area contributed by atoms with Crippen LogP contribution in [0.3, 0.4) is 0 Å². The molecule has 0 atom stereocenters.